The minimum absolute atomic E-state index is 0.135. The van der Waals surface area contributed by atoms with Crippen LogP contribution >= 0.6 is 0 Å². The van der Waals surface area contributed by atoms with E-state index in [1.54, 1.807) is 0 Å². The molecule has 0 aliphatic rings. The number of allylic oxidation sites excluding steroid dienone is 24. The molecule has 0 heterocycles. The van der Waals surface area contributed by atoms with E-state index in [-0.39, 0.29) is 38.6 Å². The molecule has 0 rings (SSSR count). The molecule has 0 amide bonds. The van der Waals surface area contributed by atoms with Gasteiger partial charge in [-0.3, -0.25) is 9.59 Å². The van der Waals surface area contributed by atoms with E-state index < -0.39 is 24.3 Å². The van der Waals surface area contributed by atoms with Crippen LogP contribution in [-0.2, 0) is 33.3 Å². The summed E-state index contributed by atoms with van der Waals surface area (Å²) in [5, 5.41) is 11.9. The summed E-state index contributed by atoms with van der Waals surface area (Å²) in [5.41, 5.74) is 0. The number of carboxylic acid groups (broad SMARTS) is 1. The average molecular weight is 1320 g/mol. The highest BCUT2D eigenvalue weighted by atomic mass is 16.7. The maximum absolute atomic E-state index is 12.9. The lowest BCUT2D eigenvalue weighted by atomic mass is 10.0. The SMILES string of the molecule is CC/C=C\C/C=C\C/C=C\C/C=C\C/C=C\C/C=C\C/C=C\C/C=C\C/C=C\C/C=C\C/C=C\CCCCCC(=O)OC(COC(=O)CCCCCCCCCCCCCCCCCCCCCCC/C=C\CCCCCCCCCC)COC(OCC[N+](C)(C)C)C(=O)[O-]. The molecule has 0 aliphatic heterocycles. The Labute approximate surface area is 585 Å². The molecule has 0 saturated carbocycles. The summed E-state index contributed by atoms with van der Waals surface area (Å²) in [6, 6.07) is 0. The van der Waals surface area contributed by atoms with E-state index in [4.69, 9.17) is 18.9 Å². The van der Waals surface area contributed by atoms with Gasteiger partial charge in [-0.2, -0.15) is 0 Å². The molecule has 0 spiro atoms. The number of ether oxygens (including phenoxy) is 4. The first-order valence-electron chi connectivity index (χ1n) is 39.0. The van der Waals surface area contributed by atoms with Gasteiger partial charge in [0.2, 0.25) is 0 Å². The van der Waals surface area contributed by atoms with Gasteiger partial charge >= 0.3 is 11.9 Å². The zero-order chi connectivity index (χ0) is 69.0. The number of likely N-dealkylation sites (N-methyl/N-ethyl adjacent to an activating group) is 1. The minimum Gasteiger partial charge on any atom is -0.545 e. The van der Waals surface area contributed by atoms with E-state index in [1.807, 2.05) is 21.1 Å². The number of carbonyl (C=O) groups excluding carboxylic acids is 3. The number of carboxylic acids is 1. The number of unbranched alkanes of at least 4 members (excludes halogenated alkanes) is 32. The van der Waals surface area contributed by atoms with Crippen molar-refractivity contribution in [3.63, 3.8) is 0 Å². The van der Waals surface area contributed by atoms with Gasteiger partial charge in [-0.05, 0) is 122 Å². The van der Waals surface area contributed by atoms with E-state index in [1.165, 1.54) is 180 Å². The van der Waals surface area contributed by atoms with Crippen LogP contribution in [0.3, 0.4) is 0 Å². The summed E-state index contributed by atoms with van der Waals surface area (Å²) in [4.78, 5) is 37.6. The fraction of sp³-hybridized carbons (Fsp3) is 0.686. The lowest BCUT2D eigenvalue weighted by Gasteiger charge is -2.26. The number of quaternary nitrogens is 1. The quantitative estimate of drug-likeness (QED) is 0.0195. The monoisotopic (exact) mass is 1320 g/mol. The molecule has 2 atom stereocenters. The molecule has 0 aromatic rings. The summed E-state index contributed by atoms with van der Waals surface area (Å²) < 4.78 is 22.8. The van der Waals surface area contributed by atoms with E-state index in [9.17, 15) is 19.5 Å². The highest BCUT2D eigenvalue weighted by Gasteiger charge is 2.22. The van der Waals surface area contributed by atoms with Crippen LogP contribution in [0.5, 0.6) is 0 Å². The molecule has 0 radical (unpaired) electrons. The van der Waals surface area contributed by atoms with Crippen molar-refractivity contribution in [3.05, 3.63) is 146 Å². The Balaban J connectivity index is 4.16. The first-order chi connectivity index (χ1) is 46.6. The van der Waals surface area contributed by atoms with Gasteiger partial charge in [0.05, 0.1) is 40.3 Å². The maximum atomic E-state index is 12.9. The Kier molecular flexibility index (Phi) is 71.1. The lowest BCUT2D eigenvalue weighted by molar-refractivity contribution is -0.870. The topological polar surface area (TPSA) is 111 Å². The predicted octanol–water partition coefficient (Wildman–Crippen LogP) is 23.7. The minimum atomic E-state index is -1.64. The summed E-state index contributed by atoms with van der Waals surface area (Å²) in [7, 11) is 5.92. The van der Waals surface area contributed by atoms with Crippen molar-refractivity contribution in [1.82, 2.24) is 0 Å². The molecule has 0 aromatic carbocycles. The number of hydrogen-bond donors (Lipinski definition) is 0. The van der Waals surface area contributed by atoms with Gasteiger partial charge in [0.25, 0.3) is 0 Å². The zero-order valence-corrected chi connectivity index (χ0v) is 62.0. The normalized spacial score (nSPS) is 13.5. The van der Waals surface area contributed by atoms with Crippen molar-refractivity contribution in [1.29, 1.82) is 0 Å². The molecule has 95 heavy (non-hydrogen) atoms. The third-order valence-electron chi connectivity index (χ3n) is 16.6. The van der Waals surface area contributed by atoms with Crippen LogP contribution in [0.25, 0.3) is 0 Å². The Bertz CT molecular complexity index is 2080. The molecule has 0 aliphatic carbocycles. The van der Waals surface area contributed by atoms with Crippen LogP contribution in [0.2, 0.25) is 0 Å². The molecule has 0 fully saturated rings. The number of carbonyl (C=O) groups is 3. The third-order valence-corrected chi connectivity index (χ3v) is 16.6. The maximum Gasteiger partial charge on any atom is 0.306 e. The molecule has 0 N–H and O–H groups in total. The standard InChI is InChI=1S/C86H145NO8/c1-6-8-10-12-14-16-18-20-22-24-26-28-30-32-34-36-38-40-41-42-43-45-47-49-51-53-55-57-59-61-63-65-67-69-71-73-75-77-84(89)95-82(81-94-86(85(90)91)92-79-78-87(3,4)5)80-93-83(88)76-74-72-70-68-66-64-62-60-58-56-54-52-50-48-46-44-39-37-35-33-31-29-27-25-23-21-19-17-15-13-11-9-7-2/h8,10,14,16,20,22,25-28,32,34,38,40,42-43,47,49,53,55,59,61,65,67,82,86H,6-7,9,11-13,15,17-19,21,23-24,29-31,33,35-37,39,41,44-46,48,50-52,54,56-58,60,62-64,66,68-81H2,1-5H3/b10-8-,16-14-,22-20-,27-25-,28-26-,34-32-,40-38-,43-42-,49-47-,55-53-,61-59-,67-65-. The second-order valence-corrected chi connectivity index (χ2v) is 26.9. The summed E-state index contributed by atoms with van der Waals surface area (Å²) in [6.45, 7) is 4.61. The second-order valence-electron chi connectivity index (χ2n) is 26.9. The zero-order valence-electron chi connectivity index (χ0n) is 62.0. The molecule has 0 aromatic heterocycles. The molecule has 0 saturated heterocycles. The molecular formula is C86H145NO8. The van der Waals surface area contributed by atoms with E-state index >= 15 is 0 Å². The van der Waals surface area contributed by atoms with Crippen molar-refractivity contribution in [2.75, 3.05) is 47.5 Å². The molecule has 2 unspecified atom stereocenters. The third kappa shape index (κ3) is 76.4. The predicted molar refractivity (Wildman–Crippen MR) is 407 cm³/mol. The molecule has 0 bridgehead atoms. The number of nitrogens with zero attached hydrogens (tertiary/aromatic N) is 1. The van der Waals surface area contributed by atoms with Crippen LogP contribution in [0.4, 0.5) is 0 Å². The van der Waals surface area contributed by atoms with Gasteiger partial charge in [-0.25, -0.2) is 0 Å². The number of aliphatic carboxylic acids is 1. The highest BCUT2D eigenvalue weighted by molar-refractivity contribution is 5.70. The molecule has 542 valence electrons. The highest BCUT2D eigenvalue weighted by Crippen LogP contribution is 2.18. The number of rotatable bonds is 71. The van der Waals surface area contributed by atoms with Gasteiger partial charge in [0.1, 0.15) is 13.2 Å². The fourth-order valence-corrected chi connectivity index (χ4v) is 10.7. The molecule has 9 nitrogen and oxygen atoms in total. The van der Waals surface area contributed by atoms with Crippen LogP contribution in [0, 0.1) is 0 Å². The van der Waals surface area contributed by atoms with Crippen molar-refractivity contribution in [3.8, 4) is 0 Å². The van der Waals surface area contributed by atoms with Crippen LogP contribution in [0.15, 0.2) is 146 Å². The van der Waals surface area contributed by atoms with Gasteiger partial charge < -0.3 is 33.3 Å². The second kappa shape index (κ2) is 75.0. The summed E-state index contributed by atoms with van der Waals surface area (Å²) in [6.07, 6.45) is 107. The van der Waals surface area contributed by atoms with Crippen LogP contribution in [0.1, 0.15) is 322 Å². The van der Waals surface area contributed by atoms with E-state index in [2.05, 4.69) is 160 Å². The Morgan fingerprint density at radius 1 is 0.326 bits per heavy atom. The lowest BCUT2D eigenvalue weighted by Crippen LogP contribution is -2.44. The number of hydrogen-bond acceptors (Lipinski definition) is 8. The smallest absolute Gasteiger partial charge is 0.306 e. The number of esters is 2. The van der Waals surface area contributed by atoms with Crippen molar-refractivity contribution < 1.29 is 42.9 Å². The van der Waals surface area contributed by atoms with Gasteiger partial charge in [0, 0.05) is 12.8 Å². The first kappa shape index (κ1) is 90.2. The largest absolute Gasteiger partial charge is 0.545 e. The van der Waals surface area contributed by atoms with E-state index in [0.717, 1.165) is 109 Å². The Morgan fingerprint density at radius 3 is 0.916 bits per heavy atom. The van der Waals surface area contributed by atoms with Crippen molar-refractivity contribution in [2.45, 2.75) is 334 Å². The van der Waals surface area contributed by atoms with Gasteiger partial charge in [0.15, 0.2) is 12.4 Å². The van der Waals surface area contributed by atoms with Crippen molar-refractivity contribution >= 4 is 17.9 Å². The van der Waals surface area contributed by atoms with Crippen molar-refractivity contribution in [2.24, 2.45) is 0 Å². The fourth-order valence-electron chi connectivity index (χ4n) is 10.7. The Morgan fingerprint density at radius 2 is 0.600 bits per heavy atom. The molecule has 9 heteroatoms. The molecular weight excluding hydrogens is 1170 g/mol. The average Bonchev–Trinajstić information content (AvgIpc) is 3.75. The Hall–Kier alpha value is -4.83. The van der Waals surface area contributed by atoms with E-state index in [0.29, 0.717) is 17.4 Å². The first-order valence-corrected chi connectivity index (χ1v) is 39.0. The summed E-state index contributed by atoms with van der Waals surface area (Å²) in [5.74, 6) is -2.33. The van der Waals surface area contributed by atoms with Crippen LogP contribution < -0.4 is 5.11 Å². The van der Waals surface area contributed by atoms with Crippen LogP contribution in [-0.4, -0.2) is 82.3 Å². The van der Waals surface area contributed by atoms with Gasteiger partial charge in [-0.15, -0.1) is 0 Å². The summed E-state index contributed by atoms with van der Waals surface area (Å²) >= 11 is 0. The van der Waals surface area contributed by atoms with Gasteiger partial charge in [-0.1, -0.05) is 333 Å².